The predicted octanol–water partition coefficient (Wildman–Crippen LogP) is 3.07. The number of carbonyl (C=O) groups excluding carboxylic acids is 1. The van der Waals surface area contributed by atoms with Gasteiger partial charge >= 0.3 is 5.97 Å². The van der Waals surface area contributed by atoms with Gasteiger partial charge in [-0.1, -0.05) is 6.07 Å². The molecule has 6 nitrogen and oxygen atoms in total. The van der Waals surface area contributed by atoms with Crippen molar-refractivity contribution in [3.05, 3.63) is 29.8 Å². The lowest BCUT2D eigenvalue weighted by Crippen LogP contribution is -2.55. The highest BCUT2D eigenvalue weighted by atomic mass is 16.5. The van der Waals surface area contributed by atoms with Crippen LogP contribution in [0.25, 0.3) is 0 Å². The van der Waals surface area contributed by atoms with E-state index in [2.05, 4.69) is 10.2 Å². The highest BCUT2D eigenvalue weighted by molar-refractivity contribution is 5.94. The molecule has 3 fully saturated rings. The maximum atomic E-state index is 12.6. The molecule has 0 atom stereocenters. The molecular formula is C22H30N2O4. The number of carbonyl (C=O) groups is 2. The average Bonchev–Trinajstić information content (AvgIpc) is 3.30. The predicted molar refractivity (Wildman–Crippen MR) is 106 cm³/mol. The Kier molecular flexibility index (Phi) is 5.85. The van der Waals surface area contributed by atoms with Crippen LogP contribution in [0.1, 0.15) is 61.7 Å². The Morgan fingerprint density at radius 1 is 1.14 bits per heavy atom. The van der Waals surface area contributed by atoms with Crippen LogP contribution in [0.3, 0.4) is 0 Å². The molecule has 28 heavy (non-hydrogen) atoms. The minimum Gasteiger partial charge on any atom is -0.490 e. The van der Waals surface area contributed by atoms with Gasteiger partial charge in [0, 0.05) is 24.2 Å². The summed E-state index contributed by atoms with van der Waals surface area (Å²) in [6.07, 6.45) is 8.96. The first kappa shape index (κ1) is 19.2. The van der Waals surface area contributed by atoms with Crippen molar-refractivity contribution < 1.29 is 19.4 Å². The maximum Gasteiger partial charge on any atom is 0.317 e. The molecule has 0 heterocycles. The van der Waals surface area contributed by atoms with Gasteiger partial charge in [-0.05, 0) is 75.5 Å². The molecule has 4 rings (SSSR count). The number of nitrogens with one attached hydrogen (secondary N) is 1. The van der Waals surface area contributed by atoms with E-state index in [1.807, 2.05) is 24.3 Å². The normalized spacial score (nSPS) is 24.8. The second-order valence-corrected chi connectivity index (χ2v) is 8.61. The van der Waals surface area contributed by atoms with Crippen LogP contribution in [0.15, 0.2) is 24.3 Å². The molecular weight excluding hydrogens is 356 g/mol. The fourth-order valence-corrected chi connectivity index (χ4v) is 4.33. The summed E-state index contributed by atoms with van der Waals surface area (Å²) in [4.78, 5) is 25.8. The van der Waals surface area contributed by atoms with Gasteiger partial charge in [-0.2, -0.15) is 0 Å². The van der Waals surface area contributed by atoms with Gasteiger partial charge in [-0.3, -0.25) is 14.5 Å². The molecule has 1 aromatic rings. The van der Waals surface area contributed by atoms with E-state index in [1.54, 1.807) is 0 Å². The van der Waals surface area contributed by atoms with Gasteiger partial charge in [0.1, 0.15) is 5.75 Å². The van der Waals surface area contributed by atoms with Crippen molar-refractivity contribution in [1.29, 1.82) is 0 Å². The van der Waals surface area contributed by atoms with Crippen molar-refractivity contribution in [3.8, 4) is 5.75 Å². The summed E-state index contributed by atoms with van der Waals surface area (Å²) >= 11 is 0. The molecule has 0 aliphatic heterocycles. The molecule has 0 unspecified atom stereocenters. The first-order valence-corrected chi connectivity index (χ1v) is 10.6. The molecule has 0 saturated heterocycles. The van der Waals surface area contributed by atoms with E-state index in [1.165, 1.54) is 25.7 Å². The smallest absolute Gasteiger partial charge is 0.317 e. The van der Waals surface area contributed by atoms with Crippen LogP contribution in [0.5, 0.6) is 5.75 Å². The van der Waals surface area contributed by atoms with E-state index in [-0.39, 0.29) is 30.6 Å². The lowest BCUT2D eigenvalue weighted by Gasteiger charge is -2.42. The molecule has 0 spiro atoms. The molecule has 0 bridgehead atoms. The third-order valence-electron chi connectivity index (χ3n) is 6.19. The Bertz CT molecular complexity index is 706. The number of carboxylic acid groups (broad SMARTS) is 1. The van der Waals surface area contributed by atoms with E-state index in [4.69, 9.17) is 9.84 Å². The third-order valence-corrected chi connectivity index (χ3v) is 6.19. The molecule has 2 N–H and O–H groups in total. The monoisotopic (exact) mass is 386 g/mol. The van der Waals surface area contributed by atoms with Crippen LogP contribution in [0.4, 0.5) is 0 Å². The second kappa shape index (κ2) is 8.52. The first-order chi connectivity index (χ1) is 13.6. The van der Waals surface area contributed by atoms with Gasteiger partial charge in [0.05, 0.1) is 12.6 Å². The fourth-order valence-electron chi connectivity index (χ4n) is 4.33. The second-order valence-electron chi connectivity index (χ2n) is 8.61. The Labute approximate surface area is 166 Å². The Hall–Kier alpha value is -2.08. The fraction of sp³-hybridized carbons (Fsp3) is 0.636. The Morgan fingerprint density at radius 2 is 1.89 bits per heavy atom. The molecule has 0 aromatic heterocycles. The lowest BCUT2D eigenvalue weighted by molar-refractivity contribution is -0.139. The number of hydrogen-bond acceptors (Lipinski definition) is 4. The van der Waals surface area contributed by atoms with Gasteiger partial charge in [0.25, 0.3) is 5.91 Å². The summed E-state index contributed by atoms with van der Waals surface area (Å²) in [7, 11) is 0. The number of hydrogen-bond donors (Lipinski definition) is 2. The zero-order chi connectivity index (χ0) is 19.5. The summed E-state index contributed by atoms with van der Waals surface area (Å²) in [6.45, 7) is 0.973. The largest absolute Gasteiger partial charge is 0.490 e. The number of benzene rings is 1. The molecule has 3 saturated carbocycles. The molecule has 1 amide bonds. The summed E-state index contributed by atoms with van der Waals surface area (Å²) in [5.74, 6) is 0.582. The summed E-state index contributed by atoms with van der Waals surface area (Å²) in [6, 6.07) is 7.81. The molecule has 3 aliphatic rings. The van der Waals surface area contributed by atoms with Crippen LogP contribution in [-0.4, -0.2) is 53.2 Å². The minimum atomic E-state index is -0.771. The summed E-state index contributed by atoms with van der Waals surface area (Å²) < 4.78 is 6.00. The van der Waals surface area contributed by atoms with Crippen molar-refractivity contribution in [2.45, 2.75) is 69.6 Å². The van der Waals surface area contributed by atoms with E-state index < -0.39 is 5.97 Å². The van der Waals surface area contributed by atoms with Crippen LogP contribution < -0.4 is 10.1 Å². The van der Waals surface area contributed by atoms with Crippen molar-refractivity contribution in [3.63, 3.8) is 0 Å². The molecule has 1 aromatic carbocycles. The maximum absolute atomic E-state index is 12.6. The quantitative estimate of drug-likeness (QED) is 0.682. The zero-order valence-corrected chi connectivity index (χ0v) is 16.3. The van der Waals surface area contributed by atoms with E-state index in [0.29, 0.717) is 11.5 Å². The van der Waals surface area contributed by atoms with Gasteiger partial charge in [-0.25, -0.2) is 0 Å². The average molecular weight is 386 g/mol. The van der Waals surface area contributed by atoms with Gasteiger partial charge in [0.15, 0.2) is 0 Å². The van der Waals surface area contributed by atoms with Crippen molar-refractivity contribution in [2.24, 2.45) is 5.92 Å². The van der Waals surface area contributed by atoms with E-state index >= 15 is 0 Å². The summed E-state index contributed by atoms with van der Waals surface area (Å²) in [5, 5.41) is 12.2. The van der Waals surface area contributed by atoms with E-state index in [9.17, 15) is 9.59 Å². The number of carboxylic acids is 1. The minimum absolute atomic E-state index is 0.0766. The highest BCUT2D eigenvalue weighted by Gasteiger charge is 2.37. The van der Waals surface area contributed by atoms with Gasteiger partial charge in [0.2, 0.25) is 0 Å². The molecule has 6 heteroatoms. The van der Waals surface area contributed by atoms with Crippen LogP contribution in [-0.2, 0) is 4.79 Å². The van der Waals surface area contributed by atoms with Crippen molar-refractivity contribution in [1.82, 2.24) is 10.2 Å². The number of amides is 1. The van der Waals surface area contributed by atoms with Crippen LogP contribution >= 0.6 is 0 Å². The SMILES string of the molecule is O=C(O)CN(CC1CC1)C1CC(NC(=O)c2cccc(OC3CCCC3)c2)C1. The Morgan fingerprint density at radius 3 is 2.57 bits per heavy atom. The molecule has 3 aliphatic carbocycles. The van der Waals surface area contributed by atoms with Crippen molar-refractivity contribution in [2.75, 3.05) is 13.1 Å². The highest BCUT2D eigenvalue weighted by Crippen LogP contribution is 2.34. The molecule has 152 valence electrons. The zero-order valence-electron chi connectivity index (χ0n) is 16.3. The number of rotatable bonds is 9. The number of aliphatic carboxylic acids is 1. The lowest BCUT2D eigenvalue weighted by atomic mass is 9.85. The molecule has 0 radical (unpaired) electrons. The van der Waals surface area contributed by atoms with Gasteiger partial charge in [-0.15, -0.1) is 0 Å². The van der Waals surface area contributed by atoms with Crippen molar-refractivity contribution >= 4 is 11.9 Å². The Balaban J connectivity index is 1.27. The topological polar surface area (TPSA) is 78.9 Å². The first-order valence-electron chi connectivity index (χ1n) is 10.6. The van der Waals surface area contributed by atoms with Crippen LogP contribution in [0, 0.1) is 5.92 Å². The van der Waals surface area contributed by atoms with Gasteiger partial charge < -0.3 is 15.2 Å². The summed E-state index contributed by atoms with van der Waals surface area (Å²) in [5.41, 5.74) is 0.624. The number of nitrogens with zero attached hydrogens (tertiary/aromatic N) is 1. The van der Waals surface area contributed by atoms with E-state index in [0.717, 1.165) is 38.0 Å². The van der Waals surface area contributed by atoms with Crippen LogP contribution in [0.2, 0.25) is 0 Å². The standard InChI is InChI=1S/C22H30N2O4/c25-21(26)14-24(13-15-8-9-15)18-11-17(12-18)23-22(27)16-4-3-7-20(10-16)28-19-5-1-2-6-19/h3-4,7,10,15,17-19H,1-2,5-6,8-9,11-14H2,(H,23,27)(H,25,26). The number of ether oxygens (including phenoxy) is 1. The third kappa shape index (κ3) is 5.04.